The van der Waals surface area contributed by atoms with Crippen LogP contribution in [0.2, 0.25) is 0 Å². The maximum Gasteiger partial charge on any atom is 0.124 e. The highest BCUT2D eigenvalue weighted by molar-refractivity contribution is 9.10. The van der Waals surface area contributed by atoms with Gasteiger partial charge in [0, 0.05) is 4.47 Å². The monoisotopic (exact) mass is 323 g/mol. The van der Waals surface area contributed by atoms with Crippen LogP contribution in [-0.2, 0) is 0 Å². The van der Waals surface area contributed by atoms with E-state index < -0.39 is 0 Å². The van der Waals surface area contributed by atoms with E-state index in [1.807, 2.05) is 37.4 Å². The van der Waals surface area contributed by atoms with Crippen LogP contribution in [0.5, 0.6) is 5.75 Å². The molecule has 0 bridgehead atoms. The topological polar surface area (TPSA) is 21.3 Å². The van der Waals surface area contributed by atoms with Crippen molar-refractivity contribution >= 4 is 15.9 Å². The summed E-state index contributed by atoms with van der Waals surface area (Å²) in [6.45, 7) is 0. The zero-order chi connectivity index (χ0) is 13.8. The Hall–Kier alpha value is -1.39. The zero-order valence-corrected chi connectivity index (χ0v) is 12.4. The molecule has 100 valence electrons. The van der Waals surface area contributed by atoms with Crippen molar-refractivity contribution in [3.8, 4) is 5.75 Å². The molecule has 0 saturated carbocycles. The Labute approximate surface area is 120 Å². The first-order chi connectivity index (χ1) is 9.13. The second kappa shape index (κ2) is 6.17. The minimum atomic E-state index is -0.257. The minimum Gasteiger partial charge on any atom is -0.497 e. The molecule has 0 aliphatic carbocycles. The Kier molecular flexibility index (Phi) is 4.56. The number of hydrogen-bond donors (Lipinski definition) is 1. The van der Waals surface area contributed by atoms with Crippen molar-refractivity contribution in [2.24, 2.45) is 0 Å². The average Bonchev–Trinajstić information content (AvgIpc) is 2.39. The summed E-state index contributed by atoms with van der Waals surface area (Å²) in [5.41, 5.74) is 1.89. The lowest BCUT2D eigenvalue weighted by Crippen LogP contribution is -2.17. The lowest BCUT2D eigenvalue weighted by atomic mass is 9.98. The van der Waals surface area contributed by atoms with Crippen LogP contribution in [0.15, 0.2) is 46.9 Å². The minimum absolute atomic E-state index is 0.0814. The van der Waals surface area contributed by atoms with E-state index in [1.54, 1.807) is 7.11 Å². The normalized spacial score (nSPS) is 12.2. The number of nitrogens with one attached hydrogen (secondary N) is 1. The summed E-state index contributed by atoms with van der Waals surface area (Å²) in [5, 5.41) is 3.20. The van der Waals surface area contributed by atoms with Crippen LogP contribution in [0.3, 0.4) is 0 Å². The van der Waals surface area contributed by atoms with E-state index in [0.29, 0.717) is 0 Å². The van der Waals surface area contributed by atoms with Crippen LogP contribution >= 0.6 is 15.9 Å². The van der Waals surface area contributed by atoms with Crippen molar-refractivity contribution in [2.75, 3.05) is 14.2 Å². The largest absolute Gasteiger partial charge is 0.497 e. The van der Waals surface area contributed by atoms with E-state index in [1.165, 1.54) is 12.1 Å². The van der Waals surface area contributed by atoms with Gasteiger partial charge in [0.25, 0.3) is 0 Å². The molecule has 4 heteroatoms. The molecule has 0 aromatic heterocycles. The molecule has 1 unspecified atom stereocenters. The molecule has 2 nitrogen and oxygen atoms in total. The van der Waals surface area contributed by atoms with Crippen molar-refractivity contribution in [3.63, 3.8) is 0 Å². The fourth-order valence-electron chi connectivity index (χ4n) is 2.09. The van der Waals surface area contributed by atoms with Crippen molar-refractivity contribution in [1.82, 2.24) is 5.32 Å². The Bertz CT molecular complexity index is 554. The van der Waals surface area contributed by atoms with Crippen LogP contribution < -0.4 is 10.1 Å². The second-order valence-corrected chi connectivity index (χ2v) is 5.12. The maximum absolute atomic E-state index is 13.5. The van der Waals surface area contributed by atoms with Crippen molar-refractivity contribution in [2.45, 2.75) is 6.04 Å². The van der Waals surface area contributed by atoms with Crippen LogP contribution in [0.1, 0.15) is 17.2 Å². The van der Waals surface area contributed by atoms with E-state index in [2.05, 4.69) is 21.2 Å². The number of hydrogen-bond acceptors (Lipinski definition) is 2. The molecular formula is C15H15BrFNO. The molecule has 2 rings (SSSR count). The number of rotatable bonds is 4. The van der Waals surface area contributed by atoms with Crippen molar-refractivity contribution in [1.29, 1.82) is 0 Å². The summed E-state index contributed by atoms with van der Waals surface area (Å²) < 4.78 is 19.5. The van der Waals surface area contributed by atoms with Crippen LogP contribution in [0.4, 0.5) is 4.39 Å². The summed E-state index contributed by atoms with van der Waals surface area (Å²) in [5.74, 6) is 0.528. The van der Waals surface area contributed by atoms with E-state index in [4.69, 9.17) is 4.74 Å². The van der Waals surface area contributed by atoms with Crippen molar-refractivity contribution < 1.29 is 9.13 Å². The molecule has 0 amide bonds. The second-order valence-electron chi connectivity index (χ2n) is 4.20. The molecule has 0 radical (unpaired) electrons. The number of benzene rings is 2. The predicted octanol–water partition coefficient (Wildman–Crippen LogP) is 3.91. The average molecular weight is 324 g/mol. The molecule has 2 aromatic rings. The summed E-state index contributed by atoms with van der Waals surface area (Å²) in [6, 6.07) is 12.5. The first kappa shape index (κ1) is 14.0. The highest BCUT2D eigenvalue weighted by Gasteiger charge is 2.14. The molecule has 0 spiro atoms. The van der Waals surface area contributed by atoms with Gasteiger partial charge in [-0.05, 0) is 48.5 Å². The Morgan fingerprint density at radius 1 is 1.16 bits per heavy atom. The maximum atomic E-state index is 13.5. The highest BCUT2D eigenvalue weighted by atomic mass is 79.9. The lowest BCUT2D eigenvalue weighted by Gasteiger charge is -2.18. The third-order valence-electron chi connectivity index (χ3n) is 2.93. The van der Waals surface area contributed by atoms with E-state index in [-0.39, 0.29) is 11.9 Å². The van der Waals surface area contributed by atoms with Crippen LogP contribution in [0.25, 0.3) is 0 Å². The van der Waals surface area contributed by atoms with Gasteiger partial charge in [-0.15, -0.1) is 0 Å². The van der Waals surface area contributed by atoms with Crippen molar-refractivity contribution in [3.05, 3.63) is 63.9 Å². The predicted molar refractivity (Wildman–Crippen MR) is 78.0 cm³/mol. The molecule has 0 aliphatic heterocycles. The first-order valence-electron chi connectivity index (χ1n) is 5.91. The number of methoxy groups -OCH3 is 1. The SMILES string of the molecule is CNC(c1cc(F)cc(Br)c1)c1cccc(OC)c1. The third kappa shape index (κ3) is 3.33. The fraction of sp³-hybridized carbons (Fsp3) is 0.200. The summed E-state index contributed by atoms with van der Waals surface area (Å²) in [7, 11) is 3.48. The molecule has 1 atom stereocenters. The molecule has 2 aromatic carbocycles. The molecule has 0 fully saturated rings. The van der Waals surface area contributed by atoms with Gasteiger partial charge in [0.05, 0.1) is 13.2 Å². The van der Waals surface area contributed by atoms with Gasteiger partial charge in [-0.25, -0.2) is 4.39 Å². The quantitative estimate of drug-likeness (QED) is 0.921. The van der Waals surface area contributed by atoms with E-state index in [9.17, 15) is 4.39 Å². The van der Waals surface area contributed by atoms with Gasteiger partial charge in [0.2, 0.25) is 0 Å². The van der Waals surface area contributed by atoms with Gasteiger partial charge >= 0.3 is 0 Å². The number of ether oxygens (including phenoxy) is 1. The third-order valence-corrected chi connectivity index (χ3v) is 3.39. The molecular weight excluding hydrogens is 309 g/mol. The lowest BCUT2D eigenvalue weighted by molar-refractivity contribution is 0.414. The molecule has 1 N–H and O–H groups in total. The number of halogens is 2. The van der Waals surface area contributed by atoms with Gasteiger partial charge < -0.3 is 10.1 Å². The molecule has 0 saturated heterocycles. The van der Waals surface area contributed by atoms with Gasteiger partial charge in [-0.2, -0.15) is 0 Å². The Morgan fingerprint density at radius 3 is 2.58 bits per heavy atom. The first-order valence-corrected chi connectivity index (χ1v) is 6.70. The summed E-state index contributed by atoms with van der Waals surface area (Å²) >= 11 is 3.32. The van der Waals surface area contributed by atoms with Crippen LogP contribution in [-0.4, -0.2) is 14.2 Å². The fourth-order valence-corrected chi connectivity index (χ4v) is 2.57. The van der Waals surface area contributed by atoms with Gasteiger partial charge in [0.15, 0.2) is 0 Å². The molecule has 19 heavy (non-hydrogen) atoms. The van der Waals surface area contributed by atoms with Gasteiger partial charge in [-0.3, -0.25) is 0 Å². The molecule has 0 aliphatic rings. The van der Waals surface area contributed by atoms with Crippen LogP contribution in [0, 0.1) is 5.82 Å². The van der Waals surface area contributed by atoms with Gasteiger partial charge in [0.1, 0.15) is 11.6 Å². The summed E-state index contributed by atoms with van der Waals surface area (Å²) in [6.07, 6.45) is 0. The zero-order valence-electron chi connectivity index (χ0n) is 10.8. The van der Waals surface area contributed by atoms with Gasteiger partial charge in [-0.1, -0.05) is 28.1 Å². The Morgan fingerprint density at radius 2 is 1.95 bits per heavy atom. The Balaban J connectivity index is 2.43. The molecule has 0 heterocycles. The highest BCUT2D eigenvalue weighted by Crippen LogP contribution is 2.27. The smallest absolute Gasteiger partial charge is 0.124 e. The standard InChI is InChI=1S/C15H15BrFNO/c1-18-15(10-4-3-5-14(8-10)19-2)11-6-12(16)9-13(17)7-11/h3-9,15,18H,1-2H3. The summed E-state index contributed by atoms with van der Waals surface area (Å²) in [4.78, 5) is 0. The van der Waals surface area contributed by atoms with E-state index >= 15 is 0 Å². The van der Waals surface area contributed by atoms with E-state index in [0.717, 1.165) is 21.3 Å².